The average molecular weight is 338 g/mol. The van der Waals surface area contributed by atoms with Gasteiger partial charge in [-0.1, -0.05) is 0 Å². The SMILES string of the molecule is C(=C/[Se]c1ccccc1)/[Se]c1ccccc1. The normalized spacial score (nSPS) is 10.8. The molecule has 0 aliphatic heterocycles. The van der Waals surface area contributed by atoms with Gasteiger partial charge >= 0.3 is 109 Å². The third-order valence-electron chi connectivity index (χ3n) is 1.95. The summed E-state index contributed by atoms with van der Waals surface area (Å²) in [5.74, 6) is 0. The Bertz CT molecular complexity index is 391. The first kappa shape index (κ1) is 11.7. The van der Waals surface area contributed by atoms with Crippen molar-refractivity contribution in [2.45, 2.75) is 0 Å². The van der Waals surface area contributed by atoms with E-state index < -0.39 is 0 Å². The molecule has 0 N–H and O–H groups in total. The van der Waals surface area contributed by atoms with Gasteiger partial charge in [0.1, 0.15) is 0 Å². The van der Waals surface area contributed by atoms with E-state index in [1.54, 1.807) is 0 Å². The van der Waals surface area contributed by atoms with Crippen LogP contribution in [-0.2, 0) is 0 Å². The van der Waals surface area contributed by atoms with Crippen molar-refractivity contribution < 1.29 is 0 Å². The van der Waals surface area contributed by atoms with E-state index in [1.807, 2.05) is 0 Å². The number of rotatable bonds is 4. The fraction of sp³-hybridized carbons (Fsp3) is 0. The van der Waals surface area contributed by atoms with Crippen molar-refractivity contribution in [1.29, 1.82) is 0 Å². The van der Waals surface area contributed by atoms with Crippen molar-refractivity contribution >= 4 is 38.8 Å². The van der Waals surface area contributed by atoms with E-state index in [1.165, 1.54) is 8.92 Å². The Labute approximate surface area is 109 Å². The molecule has 0 nitrogen and oxygen atoms in total. The molecule has 2 aromatic carbocycles. The van der Waals surface area contributed by atoms with E-state index in [2.05, 4.69) is 70.6 Å². The van der Waals surface area contributed by atoms with Crippen LogP contribution in [0.4, 0.5) is 0 Å². The Kier molecular flexibility index (Phi) is 4.92. The molecule has 0 aromatic heterocycles. The first-order valence-electron chi connectivity index (χ1n) is 5.03. The number of hydrogen-bond acceptors (Lipinski definition) is 0. The molecule has 0 saturated carbocycles. The molecule has 2 rings (SSSR count). The fourth-order valence-electron chi connectivity index (χ4n) is 1.21. The third-order valence-corrected chi connectivity index (χ3v) is 6.25. The second-order valence-corrected chi connectivity index (χ2v) is 7.24. The van der Waals surface area contributed by atoms with Crippen LogP contribution in [0.25, 0.3) is 0 Å². The zero-order chi connectivity index (χ0) is 11.1. The predicted molar refractivity (Wildman–Crippen MR) is 72.8 cm³/mol. The molecule has 0 atom stereocenters. The second-order valence-electron chi connectivity index (χ2n) is 3.13. The molecule has 0 saturated heterocycles. The van der Waals surface area contributed by atoms with Crippen LogP contribution in [0.3, 0.4) is 0 Å². The summed E-state index contributed by atoms with van der Waals surface area (Å²) in [6, 6.07) is 21.3. The molecule has 0 aliphatic rings. The molecular formula is C14H12Se2. The molecule has 0 spiro atoms. The number of benzene rings is 2. The second kappa shape index (κ2) is 6.73. The van der Waals surface area contributed by atoms with E-state index in [0.717, 1.165) is 0 Å². The maximum atomic E-state index is 2.33. The Morgan fingerprint density at radius 3 is 1.31 bits per heavy atom. The maximum absolute atomic E-state index is 2.33. The van der Waals surface area contributed by atoms with Crippen molar-refractivity contribution in [3.63, 3.8) is 0 Å². The van der Waals surface area contributed by atoms with Gasteiger partial charge in [0.25, 0.3) is 0 Å². The molecule has 0 amide bonds. The van der Waals surface area contributed by atoms with Crippen LogP contribution in [-0.4, -0.2) is 29.9 Å². The molecule has 0 unspecified atom stereocenters. The monoisotopic (exact) mass is 340 g/mol. The Hall–Kier alpha value is -0.781. The molecule has 2 heteroatoms. The van der Waals surface area contributed by atoms with Gasteiger partial charge in [-0.15, -0.1) is 0 Å². The Balaban J connectivity index is 1.83. The van der Waals surface area contributed by atoms with Crippen LogP contribution >= 0.6 is 0 Å². The van der Waals surface area contributed by atoms with Gasteiger partial charge in [0, 0.05) is 0 Å². The summed E-state index contributed by atoms with van der Waals surface area (Å²) in [5, 5.41) is 0. The molecular weight excluding hydrogens is 326 g/mol. The van der Waals surface area contributed by atoms with Crippen LogP contribution in [0.15, 0.2) is 70.6 Å². The minimum atomic E-state index is 0.484. The molecule has 0 bridgehead atoms. The first-order valence-corrected chi connectivity index (χ1v) is 8.73. The Morgan fingerprint density at radius 2 is 0.938 bits per heavy atom. The minimum absolute atomic E-state index is 0.484. The third kappa shape index (κ3) is 4.00. The molecule has 80 valence electrons. The summed E-state index contributed by atoms with van der Waals surface area (Å²) in [4.78, 5) is 4.66. The summed E-state index contributed by atoms with van der Waals surface area (Å²) in [6.45, 7) is 0. The first-order chi connectivity index (χ1) is 7.95. The zero-order valence-electron chi connectivity index (χ0n) is 8.74. The van der Waals surface area contributed by atoms with Crippen LogP contribution in [0, 0.1) is 0 Å². The van der Waals surface area contributed by atoms with Crippen molar-refractivity contribution in [3.8, 4) is 0 Å². The van der Waals surface area contributed by atoms with Gasteiger partial charge in [-0.2, -0.15) is 0 Å². The van der Waals surface area contributed by atoms with E-state index in [4.69, 9.17) is 0 Å². The summed E-state index contributed by atoms with van der Waals surface area (Å²) >= 11 is 0.968. The quantitative estimate of drug-likeness (QED) is 0.742. The summed E-state index contributed by atoms with van der Waals surface area (Å²) in [6.07, 6.45) is 0. The number of hydrogen-bond donors (Lipinski definition) is 0. The van der Waals surface area contributed by atoms with E-state index in [9.17, 15) is 0 Å². The van der Waals surface area contributed by atoms with Crippen molar-refractivity contribution in [2.75, 3.05) is 0 Å². The Morgan fingerprint density at radius 1 is 0.562 bits per heavy atom. The summed E-state index contributed by atoms with van der Waals surface area (Å²) in [5.41, 5.74) is 0. The van der Waals surface area contributed by atoms with Gasteiger partial charge in [-0.05, 0) is 0 Å². The van der Waals surface area contributed by atoms with Crippen LogP contribution in [0.5, 0.6) is 0 Å². The van der Waals surface area contributed by atoms with Crippen molar-refractivity contribution in [3.05, 3.63) is 70.6 Å². The molecule has 0 fully saturated rings. The van der Waals surface area contributed by atoms with Gasteiger partial charge < -0.3 is 0 Å². The van der Waals surface area contributed by atoms with Crippen LogP contribution in [0.1, 0.15) is 0 Å². The van der Waals surface area contributed by atoms with Crippen LogP contribution in [0.2, 0.25) is 0 Å². The molecule has 2 aromatic rings. The van der Waals surface area contributed by atoms with E-state index >= 15 is 0 Å². The topological polar surface area (TPSA) is 0 Å². The van der Waals surface area contributed by atoms with E-state index in [-0.39, 0.29) is 0 Å². The molecule has 0 heterocycles. The van der Waals surface area contributed by atoms with Gasteiger partial charge in [0.2, 0.25) is 0 Å². The average Bonchev–Trinajstić information content (AvgIpc) is 2.37. The standard InChI is InChI=1S/C14H12Se2/c1-3-7-13(8-4-1)15-11-12-16-14-9-5-2-6-10-14/h1-12H/b12-11-. The summed E-state index contributed by atoms with van der Waals surface area (Å²) in [7, 11) is 0. The predicted octanol–water partition coefficient (Wildman–Crippen LogP) is 1.52. The van der Waals surface area contributed by atoms with Gasteiger partial charge in [-0.25, -0.2) is 0 Å². The van der Waals surface area contributed by atoms with E-state index in [0.29, 0.717) is 29.9 Å². The molecule has 0 aliphatic carbocycles. The molecule has 16 heavy (non-hydrogen) atoms. The fourth-order valence-corrected chi connectivity index (χ4v) is 4.63. The van der Waals surface area contributed by atoms with Gasteiger partial charge in [-0.3, -0.25) is 0 Å². The van der Waals surface area contributed by atoms with Crippen molar-refractivity contribution in [2.24, 2.45) is 0 Å². The van der Waals surface area contributed by atoms with Crippen LogP contribution < -0.4 is 8.92 Å². The van der Waals surface area contributed by atoms with Crippen molar-refractivity contribution in [1.82, 2.24) is 0 Å². The zero-order valence-corrected chi connectivity index (χ0v) is 12.2. The van der Waals surface area contributed by atoms with Gasteiger partial charge in [0.15, 0.2) is 0 Å². The van der Waals surface area contributed by atoms with Gasteiger partial charge in [0.05, 0.1) is 0 Å². The summed E-state index contributed by atoms with van der Waals surface area (Å²) < 4.78 is 2.88. The molecule has 0 radical (unpaired) electrons.